The lowest BCUT2D eigenvalue weighted by molar-refractivity contribution is 1.09. The van der Waals surface area contributed by atoms with Gasteiger partial charge in [0.05, 0.1) is 15.9 Å². The fraction of sp³-hybridized carbons (Fsp3) is 0.125. The molecule has 0 aliphatic heterocycles. The van der Waals surface area contributed by atoms with Gasteiger partial charge >= 0.3 is 0 Å². The smallest absolute Gasteiger partial charge is 0.151 e. The van der Waals surface area contributed by atoms with Gasteiger partial charge in [-0.3, -0.25) is 0 Å². The number of rotatable bonds is 3. The van der Waals surface area contributed by atoms with E-state index in [9.17, 15) is 0 Å². The standard InChI is InChI=1S/C16H13N3S2/c1-11-5-4-8-15-17-12(9-19(11)15)10-20-16-18-13-6-2-3-7-14(13)21-16/h2-9H,10H2,1H3. The zero-order chi connectivity index (χ0) is 14.2. The number of hydrogen-bond acceptors (Lipinski definition) is 4. The van der Waals surface area contributed by atoms with Gasteiger partial charge in [0.15, 0.2) is 4.34 Å². The Hall–Kier alpha value is -1.85. The zero-order valence-electron chi connectivity index (χ0n) is 11.5. The summed E-state index contributed by atoms with van der Waals surface area (Å²) < 4.78 is 4.48. The predicted octanol–water partition coefficient (Wildman–Crippen LogP) is 4.54. The Kier molecular flexibility index (Phi) is 3.16. The molecule has 0 spiro atoms. The molecule has 5 heteroatoms. The largest absolute Gasteiger partial charge is 0.304 e. The van der Waals surface area contributed by atoms with Crippen molar-refractivity contribution < 1.29 is 0 Å². The normalized spacial score (nSPS) is 11.5. The molecular weight excluding hydrogens is 298 g/mol. The molecule has 0 atom stereocenters. The molecule has 0 saturated carbocycles. The van der Waals surface area contributed by atoms with E-state index in [0.717, 1.165) is 27.0 Å². The molecule has 0 fully saturated rings. The summed E-state index contributed by atoms with van der Waals surface area (Å²) in [7, 11) is 0. The van der Waals surface area contributed by atoms with Crippen LogP contribution in [0.5, 0.6) is 0 Å². The van der Waals surface area contributed by atoms with Gasteiger partial charge in [-0.1, -0.05) is 30.0 Å². The van der Waals surface area contributed by atoms with Crippen LogP contribution in [0.1, 0.15) is 11.4 Å². The van der Waals surface area contributed by atoms with E-state index < -0.39 is 0 Å². The molecule has 0 amide bonds. The fourth-order valence-corrected chi connectivity index (χ4v) is 4.27. The minimum Gasteiger partial charge on any atom is -0.304 e. The average molecular weight is 311 g/mol. The molecule has 4 rings (SSSR count). The lowest BCUT2D eigenvalue weighted by Crippen LogP contribution is -1.86. The number of pyridine rings is 1. The van der Waals surface area contributed by atoms with Crippen molar-refractivity contribution in [3.63, 3.8) is 0 Å². The third-order valence-corrected chi connectivity index (χ3v) is 5.58. The third kappa shape index (κ3) is 2.43. The molecule has 104 valence electrons. The summed E-state index contributed by atoms with van der Waals surface area (Å²) in [4.78, 5) is 9.31. The number of para-hydroxylation sites is 1. The lowest BCUT2D eigenvalue weighted by Gasteiger charge is -1.95. The topological polar surface area (TPSA) is 30.2 Å². The average Bonchev–Trinajstić information content (AvgIpc) is 3.09. The minimum atomic E-state index is 0.848. The second kappa shape index (κ2) is 5.16. The van der Waals surface area contributed by atoms with Crippen molar-refractivity contribution in [2.45, 2.75) is 17.0 Å². The monoisotopic (exact) mass is 311 g/mol. The molecule has 21 heavy (non-hydrogen) atoms. The van der Waals surface area contributed by atoms with Gasteiger partial charge in [-0.2, -0.15) is 0 Å². The maximum Gasteiger partial charge on any atom is 0.151 e. The van der Waals surface area contributed by atoms with E-state index in [0.29, 0.717) is 0 Å². The number of imidazole rings is 1. The lowest BCUT2D eigenvalue weighted by atomic mass is 10.3. The summed E-state index contributed by atoms with van der Waals surface area (Å²) in [5.41, 5.74) is 4.38. The van der Waals surface area contributed by atoms with Crippen molar-refractivity contribution in [3.8, 4) is 0 Å². The first-order valence-corrected chi connectivity index (χ1v) is 8.52. The molecule has 0 unspecified atom stereocenters. The van der Waals surface area contributed by atoms with Gasteiger partial charge in [0.25, 0.3) is 0 Å². The maximum absolute atomic E-state index is 4.66. The SMILES string of the molecule is Cc1cccc2nc(CSc3nc4ccccc4s3)cn12. The van der Waals surface area contributed by atoms with E-state index in [1.165, 1.54) is 10.4 Å². The number of aromatic nitrogens is 3. The second-order valence-corrected chi connectivity index (χ2v) is 7.12. The molecule has 0 saturated heterocycles. The molecule has 0 N–H and O–H groups in total. The summed E-state index contributed by atoms with van der Waals surface area (Å²) in [6, 6.07) is 14.4. The van der Waals surface area contributed by atoms with Crippen LogP contribution in [0.15, 0.2) is 53.0 Å². The number of fused-ring (bicyclic) bond motifs is 2. The Morgan fingerprint density at radius 1 is 1.10 bits per heavy atom. The van der Waals surface area contributed by atoms with E-state index in [1.54, 1.807) is 23.1 Å². The third-order valence-electron chi connectivity index (χ3n) is 3.36. The first-order valence-electron chi connectivity index (χ1n) is 6.71. The molecule has 0 aliphatic rings. The van der Waals surface area contributed by atoms with E-state index >= 15 is 0 Å². The van der Waals surface area contributed by atoms with Crippen molar-refractivity contribution in [2.24, 2.45) is 0 Å². The van der Waals surface area contributed by atoms with Gasteiger partial charge in [0, 0.05) is 17.6 Å². The van der Waals surface area contributed by atoms with Crippen LogP contribution in [0, 0.1) is 6.92 Å². The number of hydrogen-bond donors (Lipinski definition) is 0. The predicted molar refractivity (Wildman–Crippen MR) is 89.1 cm³/mol. The zero-order valence-corrected chi connectivity index (χ0v) is 13.1. The highest BCUT2D eigenvalue weighted by Crippen LogP contribution is 2.31. The van der Waals surface area contributed by atoms with E-state index in [-0.39, 0.29) is 0 Å². The molecule has 0 aliphatic carbocycles. The Morgan fingerprint density at radius 3 is 2.86 bits per heavy atom. The van der Waals surface area contributed by atoms with E-state index in [1.807, 2.05) is 18.2 Å². The highest BCUT2D eigenvalue weighted by molar-refractivity contribution is 8.00. The molecule has 3 aromatic heterocycles. The van der Waals surface area contributed by atoms with Crippen molar-refractivity contribution in [2.75, 3.05) is 0 Å². The summed E-state index contributed by atoms with van der Waals surface area (Å²) >= 11 is 3.50. The van der Waals surface area contributed by atoms with Gasteiger partial charge < -0.3 is 4.40 Å². The van der Waals surface area contributed by atoms with Crippen molar-refractivity contribution in [1.29, 1.82) is 0 Å². The van der Waals surface area contributed by atoms with Crippen LogP contribution in [0.25, 0.3) is 15.9 Å². The molecule has 0 bridgehead atoms. The van der Waals surface area contributed by atoms with Crippen LogP contribution in [-0.4, -0.2) is 14.4 Å². The van der Waals surface area contributed by atoms with Crippen molar-refractivity contribution in [1.82, 2.24) is 14.4 Å². The van der Waals surface area contributed by atoms with Crippen LogP contribution >= 0.6 is 23.1 Å². The first kappa shape index (κ1) is 12.9. The summed E-state index contributed by atoms with van der Waals surface area (Å²) in [5.74, 6) is 0.848. The quantitative estimate of drug-likeness (QED) is 0.520. The number of thiazole rings is 1. The Morgan fingerprint density at radius 2 is 2.00 bits per heavy atom. The van der Waals surface area contributed by atoms with Gasteiger partial charge in [-0.25, -0.2) is 9.97 Å². The maximum atomic E-state index is 4.66. The van der Waals surface area contributed by atoms with Crippen LogP contribution in [0.2, 0.25) is 0 Å². The highest BCUT2D eigenvalue weighted by atomic mass is 32.2. The molecular formula is C16H13N3S2. The van der Waals surface area contributed by atoms with E-state index in [4.69, 9.17) is 0 Å². The highest BCUT2D eigenvalue weighted by Gasteiger charge is 2.07. The van der Waals surface area contributed by atoms with Crippen LogP contribution < -0.4 is 0 Å². The molecule has 3 heterocycles. The second-order valence-electron chi connectivity index (χ2n) is 4.86. The Balaban J connectivity index is 1.58. The number of aryl methyl sites for hydroxylation is 1. The van der Waals surface area contributed by atoms with Crippen LogP contribution in [0.4, 0.5) is 0 Å². The minimum absolute atomic E-state index is 0.848. The molecule has 3 nitrogen and oxygen atoms in total. The van der Waals surface area contributed by atoms with Gasteiger partial charge in [0.2, 0.25) is 0 Å². The number of nitrogens with zero attached hydrogens (tertiary/aromatic N) is 3. The fourth-order valence-electron chi connectivity index (χ4n) is 2.32. The van der Waals surface area contributed by atoms with Crippen molar-refractivity contribution in [3.05, 3.63) is 60.0 Å². The summed E-state index contributed by atoms with van der Waals surface area (Å²) in [6.45, 7) is 2.10. The van der Waals surface area contributed by atoms with Gasteiger partial charge in [-0.15, -0.1) is 11.3 Å². The Labute approximate surface area is 130 Å². The number of thioether (sulfide) groups is 1. The van der Waals surface area contributed by atoms with Crippen LogP contribution in [-0.2, 0) is 5.75 Å². The van der Waals surface area contributed by atoms with Crippen LogP contribution in [0.3, 0.4) is 0 Å². The molecule has 4 aromatic rings. The van der Waals surface area contributed by atoms with Gasteiger partial charge in [-0.05, 0) is 31.2 Å². The van der Waals surface area contributed by atoms with Gasteiger partial charge in [0.1, 0.15) is 5.65 Å². The van der Waals surface area contributed by atoms with E-state index in [2.05, 4.69) is 51.8 Å². The Bertz CT molecular complexity index is 890. The summed E-state index contributed by atoms with van der Waals surface area (Å²) in [6.07, 6.45) is 2.12. The van der Waals surface area contributed by atoms with Crippen molar-refractivity contribution >= 4 is 39.0 Å². The summed E-state index contributed by atoms with van der Waals surface area (Å²) in [5, 5.41) is 0. The first-order chi connectivity index (χ1) is 10.3. The number of benzene rings is 1. The molecule has 1 aromatic carbocycles. The molecule has 0 radical (unpaired) electrons.